The van der Waals surface area contributed by atoms with Crippen molar-refractivity contribution in [3.63, 3.8) is 0 Å². The topological polar surface area (TPSA) is 50.5 Å². The SMILES string of the molecule is COc1ccc(-c2nn(-c3ccccc3C)cc2CN2CCC[C@H](CO)C2)cc1F. The molecule has 1 atom stereocenters. The highest BCUT2D eigenvalue weighted by molar-refractivity contribution is 5.64. The van der Waals surface area contributed by atoms with Gasteiger partial charge in [0.2, 0.25) is 0 Å². The molecule has 0 bridgehead atoms. The van der Waals surface area contributed by atoms with E-state index in [1.54, 1.807) is 6.07 Å². The van der Waals surface area contributed by atoms with Gasteiger partial charge in [-0.15, -0.1) is 0 Å². The monoisotopic (exact) mass is 409 g/mol. The summed E-state index contributed by atoms with van der Waals surface area (Å²) in [6, 6.07) is 13.1. The van der Waals surface area contributed by atoms with Crippen LogP contribution in [0, 0.1) is 18.7 Å². The van der Waals surface area contributed by atoms with E-state index in [1.807, 2.05) is 35.1 Å². The summed E-state index contributed by atoms with van der Waals surface area (Å²) in [6.45, 7) is 4.84. The van der Waals surface area contributed by atoms with Crippen molar-refractivity contribution < 1.29 is 14.2 Å². The number of likely N-dealkylation sites (tertiary alicyclic amines) is 1. The average molecular weight is 410 g/mol. The van der Waals surface area contributed by atoms with Gasteiger partial charge >= 0.3 is 0 Å². The van der Waals surface area contributed by atoms with E-state index in [0.29, 0.717) is 12.5 Å². The molecule has 1 aromatic heterocycles. The number of aliphatic hydroxyl groups excluding tert-OH is 1. The summed E-state index contributed by atoms with van der Waals surface area (Å²) >= 11 is 0. The number of hydrogen-bond donors (Lipinski definition) is 1. The molecule has 2 heterocycles. The second-order valence-corrected chi connectivity index (χ2v) is 8.01. The second-order valence-electron chi connectivity index (χ2n) is 8.01. The Labute approximate surface area is 176 Å². The van der Waals surface area contributed by atoms with Crippen LogP contribution >= 0.6 is 0 Å². The normalized spacial score (nSPS) is 17.3. The molecule has 3 aromatic rings. The number of aryl methyl sites for hydroxylation is 1. The first kappa shape index (κ1) is 20.6. The van der Waals surface area contributed by atoms with E-state index in [1.165, 1.54) is 13.2 Å². The average Bonchev–Trinajstić information content (AvgIpc) is 3.17. The largest absolute Gasteiger partial charge is 0.494 e. The molecular formula is C24H28FN3O2. The number of hydrogen-bond acceptors (Lipinski definition) is 4. The van der Waals surface area contributed by atoms with Crippen molar-refractivity contribution in [2.75, 3.05) is 26.8 Å². The number of aromatic nitrogens is 2. The second kappa shape index (κ2) is 8.98. The van der Waals surface area contributed by atoms with Gasteiger partial charge in [-0.25, -0.2) is 9.07 Å². The Kier molecular flexibility index (Phi) is 6.16. The van der Waals surface area contributed by atoms with Crippen molar-refractivity contribution in [3.8, 4) is 22.7 Å². The number of piperidine rings is 1. The molecule has 0 spiro atoms. The molecule has 0 aliphatic carbocycles. The van der Waals surface area contributed by atoms with Gasteiger partial charge in [0.05, 0.1) is 18.5 Å². The molecule has 1 aliphatic heterocycles. The molecule has 0 saturated carbocycles. The Morgan fingerprint density at radius 3 is 2.80 bits per heavy atom. The molecule has 1 N–H and O–H groups in total. The van der Waals surface area contributed by atoms with E-state index in [4.69, 9.17) is 9.84 Å². The van der Waals surface area contributed by atoms with E-state index in [2.05, 4.69) is 17.9 Å². The first-order chi connectivity index (χ1) is 14.6. The molecule has 0 radical (unpaired) electrons. The van der Waals surface area contributed by atoms with E-state index < -0.39 is 5.82 Å². The maximum atomic E-state index is 14.4. The third-order valence-electron chi connectivity index (χ3n) is 5.83. The van der Waals surface area contributed by atoms with Crippen molar-refractivity contribution in [3.05, 3.63) is 65.6 Å². The Bertz CT molecular complexity index is 1020. The van der Waals surface area contributed by atoms with Gasteiger partial charge in [0, 0.05) is 37.0 Å². The molecular weight excluding hydrogens is 381 g/mol. The minimum atomic E-state index is -0.398. The van der Waals surface area contributed by atoms with Gasteiger partial charge in [0.15, 0.2) is 11.6 Å². The lowest BCUT2D eigenvalue weighted by Gasteiger charge is -2.31. The molecule has 5 nitrogen and oxygen atoms in total. The molecule has 4 rings (SSSR count). The number of rotatable bonds is 6. The summed E-state index contributed by atoms with van der Waals surface area (Å²) in [4.78, 5) is 2.35. The summed E-state index contributed by atoms with van der Waals surface area (Å²) in [6.07, 6.45) is 4.18. The third-order valence-corrected chi connectivity index (χ3v) is 5.83. The van der Waals surface area contributed by atoms with Crippen molar-refractivity contribution in [2.45, 2.75) is 26.3 Å². The van der Waals surface area contributed by atoms with Gasteiger partial charge in [0.1, 0.15) is 0 Å². The molecule has 0 unspecified atom stereocenters. The highest BCUT2D eigenvalue weighted by Crippen LogP contribution is 2.30. The molecule has 158 valence electrons. The zero-order valence-corrected chi connectivity index (χ0v) is 17.5. The van der Waals surface area contributed by atoms with Crippen LogP contribution in [0.5, 0.6) is 5.75 Å². The highest BCUT2D eigenvalue weighted by Gasteiger charge is 2.22. The zero-order valence-electron chi connectivity index (χ0n) is 17.5. The van der Waals surface area contributed by atoms with Gasteiger partial charge in [-0.05, 0) is 62.1 Å². The third kappa shape index (κ3) is 4.25. The summed E-state index contributed by atoms with van der Waals surface area (Å²) < 4.78 is 21.4. The maximum Gasteiger partial charge on any atom is 0.165 e. The Balaban J connectivity index is 1.73. The first-order valence-electron chi connectivity index (χ1n) is 10.4. The summed E-state index contributed by atoms with van der Waals surface area (Å²) in [5.74, 6) is 0.136. The summed E-state index contributed by atoms with van der Waals surface area (Å²) in [7, 11) is 1.46. The fourth-order valence-corrected chi connectivity index (χ4v) is 4.21. The molecule has 1 fully saturated rings. The van der Waals surface area contributed by atoms with Crippen LogP contribution in [0.1, 0.15) is 24.0 Å². The van der Waals surface area contributed by atoms with Crippen LogP contribution in [0.2, 0.25) is 0 Å². The number of aliphatic hydroxyl groups is 1. The molecule has 2 aromatic carbocycles. The number of nitrogens with zero attached hydrogens (tertiary/aromatic N) is 3. The lowest BCUT2D eigenvalue weighted by atomic mass is 9.98. The number of halogens is 1. The van der Waals surface area contributed by atoms with Crippen LogP contribution in [-0.2, 0) is 6.54 Å². The van der Waals surface area contributed by atoms with E-state index >= 15 is 0 Å². The lowest BCUT2D eigenvalue weighted by molar-refractivity contribution is 0.116. The number of ether oxygens (including phenoxy) is 1. The van der Waals surface area contributed by atoms with Gasteiger partial charge in [-0.1, -0.05) is 18.2 Å². The molecule has 0 amide bonds. The van der Waals surface area contributed by atoms with Crippen LogP contribution in [0.15, 0.2) is 48.7 Å². The fourth-order valence-electron chi connectivity index (χ4n) is 4.21. The lowest BCUT2D eigenvalue weighted by Crippen LogP contribution is -2.36. The van der Waals surface area contributed by atoms with Gasteiger partial charge in [-0.3, -0.25) is 4.90 Å². The predicted octanol–water partition coefficient (Wildman–Crippen LogP) is 4.20. The van der Waals surface area contributed by atoms with Crippen LogP contribution in [0.25, 0.3) is 16.9 Å². The Hall–Kier alpha value is -2.70. The Morgan fingerprint density at radius 2 is 2.07 bits per heavy atom. The zero-order chi connectivity index (χ0) is 21.1. The van der Waals surface area contributed by atoms with E-state index in [9.17, 15) is 9.50 Å². The maximum absolute atomic E-state index is 14.4. The first-order valence-corrected chi connectivity index (χ1v) is 10.4. The van der Waals surface area contributed by atoms with Crippen molar-refractivity contribution in [1.29, 1.82) is 0 Å². The van der Waals surface area contributed by atoms with Crippen LogP contribution < -0.4 is 4.74 Å². The number of para-hydroxylation sites is 1. The van der Waals surface area contributed by atoms with Crippen molar-refractivity contribution in [2.24, 2.45) is 5.92 Å². The summed E-state index contributed by atoms with van der Waals surface area (Å²) in [5, 5.41) is 14.4. The smallest absolute Gasteiger partial charge is 0.165 e. The van der Waals surface area contributed by atoms with E-state index in [0.717, 1.165) is 54.0 Å². The minimum absolute atomic E-state index is 0.218. The standard InChI is InChI=1S/C24H28FN3O2/c1-17-6-3-4-8-22(17)28-15-20(14-27-11-5-7-18(13-27)16-29)24(26-28)19-9-10-23(30-2)21(25)12-19/h3-4,6,8-10,12,15,18,29H,5,7,11,13-14,16H2,1-2H3/t18-/m0/s1. The number of benzene rings is 2. The molecule has 1 aliphatic rings. The minimum Gasteiger partial charge on any atom is -0.494 e. The van der Waals surface area contributed by atoms with Crippen LogP contribution in [0.3, 0.4) is 0 Å². The molecule has 6 heteroatoms. The van der Waals surface area contributed by atoms with E-state index in [-0.39, 0.29) is 12.4 Å². The molecule has 1 saturated heterocycles. The van der Waals surface area contributed by atoms with Gasteiger partial charge in [-0.2, -0.15) is 5.10 Å². The van der Waals surface area contributed by atoms with Crippen LogP contribution in [0.4, 0.5) is 4.39 Å². The van der Waals surface area contributed by atoms with Gasteiger partial charge < -0.3 is 9.84 Å². The van der Waals surface area contributed by atoms with Crippen molar-refractivity contribution in [1.82, 2.24) is 14.7 Å². The quantitative estimate of drug-likeness (QED) is 0.663. The van der Waals surface area contributed by atoms with Crippen molar-refractivity contribution >= 4 is 0 Å². The van der Waals surface area contributed by atoms with Crippen LogP contribution in [-0.4, -0.2) is 46.6 Å². The van der Waals surface area contributed by atoms with Gasteiger partial charge in [0.25, 0.3) is 0 Å². The predicted molar refractivity (Wildman–Crippen MR) is 115 cm³/mol. The molecule has 30 heavy (non-hydrogen) atoms. The number of methoxy groups -OCH3 is 1. The summed E-state index contributed by atoms with van der Waals surface area (Å²) in [5.41, 5.74) is 4.67. The fraction of sp³-hybridized carbons (Fsp3) is 0.375. The Morgan fingerprint density at radius 1 is 1.23 bits per heavy atom. The highest BCUT2D eigenvalue weighted by atomic mass is 19.1.